The van der Waals surface area contributed by atoms with Gasteiger partial charge in [-0.1, -0.05) is 17.9 Å². The molecule has 1 amide bonds. The molecule has 2 saturated heterocycles. The SMILES string of the molecule is COc1cccc(C2/C(=C(\[O-])c3ccncc3)C(=O)C(=O)N2CCC[NH+]2CCOCC2)c1. The Hall–Kier alpha value is -3.23. The van der Waals surface area contributed by atoms with E-state index in [0.29, 0.717) is 23.4 Å². The van der Waals surface area contributed by atoms with Crippen LogP contribution in [0.5, 0.6) is 5.75 Å². The Bertz CT molecular complexity index is 1000. The maximum absolute atomic E-state index is 13.3. The summed E-state index contributed by atoms with van der Waals surface area (Å²) < 4.78 is 10.7. The number of benzene rings is 1. The lowest BCUT2D eigenvalue weighted by Crippen LogP contribution is -3.14. The molecule has 8 nitrogen and oxygen atoms in total. The van der Waals surface area contributed by atoms with Crippen molar-refractivity contribution < 1.29 is 29.1 Å². The fourth-order valence-electron chi connectivity index (χ4n) is 4.33. The number of Topliss-reactive ketones (excluding diaryl/α,β-unsaturated/α-hetero) is 1. The number of methoxy groups -OCH3 is 1. The van der Waals surface area contributed by atoms with Crippen LogP contribution in [0.3, 0.4) is 0 Å². The number of ketones is 1. The number of amides is 1. The number of aromatic nitrogens is 1. The number of likely N-dealkylation sites (tertiary alicyclic amines) is 1. The number of rotatable bonds is 7. The van der Waals surface area contributed by atoms with Gasteiger partial charge in [0.05, 0.1) is 32.9 Å². The molecule has 2 aliphatic rings. The predicted octanol–water partition coefficient (Wildman–Crippen LogP) is -0.381. The van der Waals surface area contributed by atoms with Gasteiger partial charge in [0.15, 0.2) is 0 Å². The van der Waals surface area contributed by atoms with Crippen LogP contribution in [0.2, 0.25) is 0 Å². The smallest absolute Gasteiger partial charge is 0.295 e. The molecule has 0 bridgehead atoms. The van der Waals surface area contributed by atoms with E-state index in [1.54, 1.807) is 37.4 Å². The zero-order chi connectivity index (χ0) is 22.5. The van der Waals surface area contributed by atoms with Gasteiger partial charge in [0.25, 0.3) is 5.91 Å². The van der Waals surface area contributed by atoms with Crippen molar-refractivity contribution in [3.05, 3.63) is 65.5 Å². The lowest BCUT2D eigenvalue weighted by atomic mass is 9.95. The molecule has 0 spiro atoms. The highest BCUT2D eigenvalue weighted by molar-refractivity contribution is 6.46. The minimum atomic E-state index is -0.745. The van der Waals surface area contributed by atoms with Gasteiger partial charge in [-0.15, -0.1) is 0 Å². The molecule has 4 rings (SSSR count). The first kappa shape index (κ1) is 22.0. The minimum absolute atomic E-state index is 0.0202. The van der Waals surface area contributed by atoms with Crippen LogP contribution in [-0.2, 0) is 14.3 Å². The largest absolute Gasteiger partial charge is 0.872 e. The Morgan fingerprint density at radius 2 is 1.97 bits per heavy atom. The Morgan fingerprint density at radius 3 is 2.69 bits per heavy atom. The van der Waals surface area contributed by atoms with Crippen LogP contribution in [-0.4, -0.2) is 68.1 Å². The molecule has 1 aromatic heterocycles. The number of nitrogens with zero attached hydrogens (tertiary/aromatic N) is 2. The van der Waals surface area contributed by atoms with Gasteiger partial charge in [-0.2, -0.15) is 0 Å². The van der Waals surface area contributed by atoms with E-state index in [9.17, 15) is 14.7 Å². The molecule has 8 heteroatoms. The number of ether oxygens (including phenoxy) is 2. The summed E-state index contributed by atoms with van der Waals surface area (Å²) in [6.45, 7) is 4.61. The van der Waals surface area contributed by atoms with E-state index in [0.717, 1.165) is 39.3 Å². The molecule has 1 atom stereocenters. The molecule has 2 aliphatic heterocycles. The van der Waals surface area contributed by atoms with E-state index in [2.05, 4.69) is 4.98 Å². The van der Waals surface area contributed by atoms with Crippen LogP contribution in [0.15, 0.2) is 54.4 Å². The Balaban J connectivity index is 1.67. The first-order valence-corrected chi connectivity index (χ1v) is 10.8. The van der Waals surface area contributed by atoms with Crippen molar-refractivity contribution in [2.45, 2.75) is 12.5 Å². The number of carbonyl (C=O) groups excluding carboxylic acids is 2. The number of nitrogens with one attached hydrogen (secondary N) is 1. The lowest BCUT2D eigenvalue weighted by Gasteiger charge is -2.29. The van der Waals surface area contributed by atoms with E-state index in [1.165, 1.54) is 22.2 Å². The zero-order valence-corrected chi connectivity index (χ0v) is 18.1. The summed E-state index contributed by atoms with van der Waals surface area (Å²) in [4.78, 5) is 32.9. The summed E-state index contributed by atoms with van der Waals surface area (Å²) in [5.74, 6) is -1.21. The molecule has 1 unspecified atom stereocenters. The average molecular weight is 437 g/mol. The quantitative estimate of drug-likeness (QED) is 0.360. The number of hydrogen-bond donors (Lipinski definition) is 1. The predicted molar refractivity (Wildman–Crippen MR) is 115 cm³/mol. The van der Waals surface area contributed by atoms with Crippen LogP contribution in [0.25, 0.3) is 5.76 Å². The van der Waals surface area contributed by atoms with E-state index in [4.69, 9.17) is 9.47 Å². The van der Waals surface area contributed by atoms with Gasteiger partial charge in [-0.25, -0.2) is 0 Å². The molecule has 0 radical (unpaired) electrons. The summed E-state index contributed by atoms with van der Waals surface area (Å²) in [5, 5.41) is 13.3. The Labute approximate surface area is 187 Å². The summed E-state index contributed by atoms with van der Waals surface area (Å²) in [5.41, 5.74) is 0.997. The van der Waals surface area contributed by atoms with Gasteiger partial charge in [-0.3, -0.25) is 14.6 Å². The molecule has 0 saturated carbocycles. The van der Waals surface area contributed by atoms with Crippen LogP contribution in [0.4, 0.5) is 0 Å². The summed E-state index contributed by atoms with van der Waals surface area (Å²) in [6.07, 6.45) is 3.72. The van der Waals surface area contributed by atoms with Crippen LogP contribution in [0, 0.1) is 0 Å². The summed E-state index contributed by atoms with van der Waals surface area (Å²) in [6, 6.07) is 9.55. The van der Waals surface area contributed by atoms with Crippen molar-refractivity contribution in [1.29, 1.82) is 0 Å². The second-order valence-electron chi connectivity index (χ2n) is 7.95. The van der Waals surface area contributed by atoms with Gasteiger partial charge in [0.2, 0.25) is 5.78 Å². The third-order valence-electron chi connectivity index (χ3n) is 6.01. The normalized spacial score (nSPS) is 21.2. The summed E-state index contributed by atoms with van der Waals surface area (Å²) in [7, 11) is 1.56. The molecular formula is C24H27N3O5. The van der Waals surface area contributed by atoms with E-state index in [1.807, 2.05) is 6.07 Å². The van der Waals surface area contributed by atoms with Crippen LogP contribution < -0.4 is 14.7 Å². The van der Waals surface area contributed by atoms with Crippen molar-refractivity contribution in [3.8, 4) is 5.75 Å². The van der Waals surface area contributed by atoms with Gasteiger partial charge in [0.1, 0.15) is 18.8 Å². The summed E-state index contributed by atoms with van der Waals surface area (Å²) >= 11 is 0. The maximum atomic E-state index is 13.3. The fraction of sp³-hybridized carbons (Fsp3) is 0.375. The molecule has 32 heavy (non-hydrogen) atoms. The third-order valence-corrected chi connectivity index (χ3v) is 6.01. The van der Waals surface area contributed by atoms with Crippen molar-refractivity contribution in [3.63, 3.8) is 0 Å². The average Bonchev–Trinajstić information content (AvgIpc) is 3.10. The van der Waals surface area contributed by atoms with Gasteiger partial charge in [-0.05, 0) is 35.4 Å². The number of morpholine rings is 1. The van der Waals surface area contributed by atoms with Crippen molar-refractivity contribution in [1.82, 2.24) is 9.88 Å². The van der Waals surface area contributed by atoms with Gasteiger partial charge in [0, 0.05) is 30.9 Å². The third kappa shape index (κ3) is 4.51. The second kappa shape index (κ2) is 9.93. The number of quaternary nitrogens is 1. The highest BCUT2D eigenvalue weighted by atomic mass is 16.5. The van der Waals surface area contributed by atoms with E-state index < -0.39 is 23.5 Å². The van der Waals surface area contributed by atoms with Gasteiger partial charge >= 0.3 is 0 Å². The molecular weight excluding hydrogens is 410 g/mol. The minimum Gasteiger partial charge on any atom is -0.872 e. The van der Waals surface area contributed by atoms with Crippen molar-refractivity contribution >= 4 is 17.4 Å². The first-order chi connectivity index (χ1) is 15.6. The molecule has 0 aliphatic carbocycles. The molecule has 1 N–H and O–H groups in total. The molecule has 2 aromatic rings. The maximum Gasteiger partial charge on any atom is 0.295 e. The monoisotopic (exact) mass is 437 g/mol. The van der Waals surface area contributed by atoms with Crippen LogP contribution in [0.1, 0.15) is 23.6 Å². The molecule has 2 fully saturated rings. The molecule has 3 heterocycles. The van der Waals surface area contributed by atoms with Crippen molar-refractivity contribution in [2.75, 3.05) is 46.5 Å². The molecule has 168 valence electrons. The van der Waals surface area contributed by atoms with Crippen LogP contribution >= 0.6 is 0 Å². The standard InChI is InChI=1S/C24H27N3O5/c1-31-19-5-2-4-18(16-19)21-20(22(28)17-6-8-25-9-7-17)23(29)24(30)27(21)11-3-10-26-12-14-32-15-13-26/h2,4-9,16,21,28H,3,10-15H2,1H3/b22-20+. The van der Waals surface area contributed by atoms with E-state index in [-0.39, 0.29) is 5.57 Å². The fourth-order valence-corrected chi connectivity index (χ4v) is 4.33. The lowest BCUT2D eigenvalue weighted by molar-refractivity contribution is -0.908. The molecule has 1 aromatic carbocycles. The number of carbonyl (C=O) groups is 2. The van der Waals surface area contributed by atoms with E-state index >= 15 is 0 Å². The topological polar surface area (TPSA) is 96.2 Å². The Kier molecular flexibility index (Phi) is 6.82. The first-order valence-electron chi connectivity index (χ1n) is 10.8. The number of pyridine rings is 1. The van der Waals surface area contributed by atoms with Gasteiger partial charge < -0.3 is 24.4 Å². The Morgan fingerprint density at radius 1 is 1.22 bits per heavy atom. The second-order valence-corrected chi connectivity index (χ2v) is 7.95. The zero-order valence-electron chi connectivity index (χ0n) is 18.1. The highest BCUT2D eigenvalue weighted by Gasteiger charge is 2.44. The van der Waals surface area contributed by atoms with Crippen molar-refractivity contribution in [2.24, 2.45) is 0 Å². The highest BCUT2D eigenvalue weighted by Crippen LogP contribution is 2.39. The number of hydrogen-bond acceptors (Lipinski definition) is 6.